The molecule has 0 aliphatic rings. The summed E-state index contributed by atoms with van der Waals surface area (Å²) in [4.78, 5) is 0. The van der Waals surface area contributed by atoms with Gasteiger partial charge in [0.15, 0.2) is 0 Å². The molecule has 0 saturated heterocycles. The van der Waals surface area contributed by atoms with E-state index in [2.05, 4.69) is 6.58 Å². The second kappa shape index (κ2) is 15.2. The molecule has 0 aromatic heterocycles. The van der Waals surface area contributed by atoms with Gasteiger partial charge in [0.25, 0.3) is 0 Å². The molecule has 0 fully saturated rings. The van der Waals surface area contributed by atoms with Crippen LogP contribution in [-0.4, -0.2) is 8.41 Å². The van der Waals surface area contributed by atoms with Crippen LogP contribution in [0.25, 0.3) is 0 Å². The Balaban J connectivity index is 0. The molecule has 0 atom stereocenters. The highest BCUT2D eigenvalue weighted by Crippen LogP contribution is 1.48. The second-order valence-electron chi connectivity index (χ2n) is 0.154. The molecule has 0 bridgehead atoms. The zero-order chi connectivity index (χ0) is 2.71. The number of hydrogen-bond acceptors (Lipinski definition) is 0. The molecule has 0 aromatic rings. The van der Waals surface area contributed by atoms with Gasteiger partial charge in [0.1, 0.15) is 0 Å². The van der Waals surface area contributed by atoms with E-state index in [1.807, 2.05) is 0 Å². The molecule has 4 heavy (non-hydrogen) atoms. The van der Waals surface area contributed by atoms with Crippen LogP contribution in [0.2, 0.25) is 0 Å². The molecule has 0 amide bonds. The molecule has 21 valence electrons. The number of rotatable bonds is 0. The lowest BCUT2D eigenvalue weighted by Gasteiger charge is -1.28. The molecule has 0 nitrogen and oxygen atoms in total. The van der Waals surface area contributed by atoms with Crippen molar-refractivity contribution < 1.29 is 4.39 Å². The first-order valence-corrected chi connectivity index (χ1v) is 0.626. The number of hydrogen-bond donors (Lipinski definition) is 0. The Kier molecular flexibility index (Phi) is 35.4. The topological polar surface area (TPSA) is 0 Å². The summed E-state index contributed by atoms with van der Waals surface area (Å²) in [5.41, 5.74) is 0. The zero-order valence-electron chi connectivity index (χ0n) is 2.24. The van der Waals surface area contributed by atoms with Crippen molar-refractivity contribution >= 4 is 8.41 Å². The van der Waals surface area contributed by atoms with Gasteiger partial charge >= 0.3 is 0 Å². The maximum Gasteiger partial charge on any atom is 0.0795 e. The summed E-state index contributed by atoms with van der Waals surface area (Å²) >= 11 is 0. The highest BCUT2D eigenvalue weighted by Gasteiger charge is 1.19. The minimum Gasteiger partial charge on any atom is -0.216 e. The summed E-state index contributed by atoms with van der Waals surface area (Å²) in [6.07, 6.45) is 0.250. The first-order chi connectivity index (χ1) is 1.41. The quantitative estimate of drug-likeness (QED) is 0.359. The maximum atomic E-state index is 10.1. The van der Waals surface area contributed by atoms with Crippen molar-refractivity contribution in [2.45, 2.75) is 0 Å². The average Bonchev–Trinajstić information content (AvgIpc) is 0.918. The van der Waals surface area contributed by atoms with E-state index < -0.39 is 0 Å². The van der Waals surface area contributed by atoms with Crippen molar-refractivity contribution in [3.63, 3.8) is 0 Å². The first kappa shape index (κ1) is 9.28. The van der Waals surface area contributed by atoms with Crippen LogP contribution in [0.15, 0.2) is 12.9 Å². The van der Waals surface area contributed by atoms with E-state index in [0.717, 1.165) is 0 Å². The predicted octanol–water partition coefficient (Wildman–Crippen LogP) is 0.719. The summed E-state index contributed by atoms with van der Waals surface area (Å²) in [6, 6.07) is 0. The molecular formula is C2H3BF. The highest BCUT2D eigenvalue weighted by molar-refractivity contribution is 5.75. The highest BCUT2D eigenvalue weighted by atomic mass is 19.1. The van der Waals surface area contributed by atoms with Crippen LogP contribution in [0, 0.1) is 0 Å². The van der Waals surface area contributed by atoms with Gasteiger partial charge in [0.05, 0.1) is 6.33 Å². The molecule has 0 N–H and O–H groups in total. The van der Waals surface area contributed by atoms with Crippen LogP contribution in [0.4, 0.5) is 4.39 Å². The summed E-state index contributed by atoms with van der Waals surface area (Å²) < 4.78 is 10.1. The van der Waals surface area contributed by atoms with E-state index in [9.17, 15) is 4.39 Å². The van der Waals surface area contributed by atoms with Crippen molar-refractivity contribution in [3.8, 4) is 0 Å². The third kappa shape index (κ3) is 13.3. The van der Waals surface area contributed by atoms with Gasteiger partial charge in [-0.2, -0.15) is 0 Å². The van der Waals surface area contributed by atoms with E-state index in [0.29, 0.717) is 0 Å². The van der Waals surface area contributed by atoms with Crippen molar-refractivity contribution in [1.29, 1.82) is 0 Å². The van der Waals surface area contributed by atoms with E-state index in [4.69, 9.17) is 0 Å². The van der Waals surface area contributed by atoms with Crippen LogP contribution < -0.4 is 0 Å². The molecule has 0 aromatic carbocycles. The monoisotopic (exact) mass is 57.0 g/mol. The van der Waals surface area contributed by atoms with Crippen LogP contribution in [0.1, 0.15) is 0 Å². The molecule has 3 radical (unpaired) electrons. The Morgan fingerprint density at radius 2 is 1.75 bits per heavy atom. The van der Waals surface area contributed by atoms with E-state index in [1.165, 1.54) is 0 Å². The fraction of sp³-hybridized carbons (Fsp3) is 0. The van der Waals surface area contributed by atoms with Gasteiger partial charge in [-0.05, 0) is 0 Å². The van der Waals surface area contributed by atoms with Gasteiger partial charge in [0.2, 0.25) is 0 Å². The zero-order valence-corrected chi connectivity index (χ0v) is 2.24. The molecule has 0 aliphatic heterocycles. The predicted molar refractivity (Wildman–Crippen MR) is 17.1 cm³/mol. The smallest absolute Gasteiger partial charge is 0.0795 e. The Morgan fingerprint density at radius 1 is 1.75 bits per heavy atom. The molecule has 0 aliphatic carbocycles. The summed E-state index contributed by atoms with van der Waals surface area (Å²) in [5, 5.41) is 0. The van der Waals surface area contributed by atoms with Crippen molar-refractivity contribution in [2.75, 3.05) is 0 Å². The summed E-state index contributed by atoms with van der Waals surface area (Å²) in [6.45, 7) is 2.69. The molecule has 0 spiro atoms. The Bertz CT molecular complexity index is 13.5. The first-order valence-electron chi connectivity index (χ1n) is 0.626. The number of halogens is 1. The Morgan fingerprint density at radius 3 is 1.75 bits per heavy atom. The van der Waals surface area contributed by atoms with Crippen LogP contribution in [0.3, 0.4) is 0 Å². The van der Waals surface area contributed by atoms with Gasteiger partial charge in [-0.15, -0.1) is 0 Å². The largest absolute Gasteiger partial charge is 0.216 e. The molecule has 0 unspecified atom stereocenters. The SMILES string of the molecule is C=CF.[B]. The van der Waals surface area contributed by atoms with Gasteiger partial charge in [-0.25, -0.2) is 4.39 Å². The Hall–Kier alpha value is -0.265. The average molecular weight is 56.9 g/mol. The fourth-order valence-corrected chi connectivity index (χ4v) is 0. The minimum atomic E-state index is 0. The van der Waals surface area contributed by atoms with Gasteiger partial charge in [-0.1, -0.05) is 6.58 Å². The lowest BCUT2D eigenvalue weighted by molar-refractivity contribution is 0.725. The third-order valence-corrected chi connectivity index (χ3v) is 0. The molecule has 0 saturated carbocycles. The van der Waals surface area contributed by atoms with E-state index in [1.54, 1.807) is 0 Å². The normalized spacial score (nSPS) is 3.25. The third-order valence-electron chi connectivity index (χ3n) is 0. The molecule has 0 rings (SSSR count). The summed E-state index contributed by atoms with van der Waals surface area (Å²) in [7, 11) is 0. The van der Waals surface area contributed by atoms with Crippen molar-refractivity contribution in [2.24, 2.45) is 0 Å². The van der Waals surface area contributed by atoms with Gasteiger partial charge < -0.3 is 0 Å². The van der Waals surface area contributed by atoms with Crippen molar-refractivity contribution in [3.05, 3.63) is 12.9 Å². The van der Waals surface area contributed by atoms with Crippen LogP contribution >= 0.6 is 0 Å². The lowest BCUT2D eigenvalue weighted by atomic mass is 10.8. The minimum absolute atomic E-state index is 0. The maximum absolute atomic E-state index is 10.1. The molecular weight excluding hydrogens is 53.8 g/mol. The van der Waals surface area contributed by atoms with Gasteiger partial charge in [-0.3, -0.25) is 0 Å². The van der Waals surface area contributed by atoms with Crippen LogP contribution in [0.5, 0.6) is 0 Å². The molecule has 0 heterocycles. The standard InChI is InChI=1S/C2H3F.B/c1-2-3;/h2H,1H2;. The van der Waals surface area contributed by atoms with Gasteiger partial charge in [0, 0.05) is 8.41 Å². The lowest BCUT2D eigenvalue weighted by Crippen LogP contribution is -0.990. The fourth-order valence-electron chi connectivity index (χ4n) is 0. The van der Waals surface area contributed by atoms with E-state index in [-0.39, 0.29) is 14.7 Å². The Labute approximate surface area is 26.9 Å². The molecule has 2 heteroatoms. The van der Waals surface area contributed by atoms with E-state index >= 15 is 0 Å². The summed E-state index contributed by atoms with van der Waals surface area (Å²) in [5.74, 6) is 0. The van der Waals surface area contributed by atoms with Crippen LogP contribution in [-0.2, 0) is 0 Å². The van der Waals surface area contributed by atoms with Crippen molar-refractivity contribution in [1.82, 2.24) is 0 Å². The second-order valence-corrected chi connectivity index (χ2v) is 0.154.